The molecular weight excluding hydrogens is 218 g/mol. The largest absolute Gasteiger partial charge is 0.496 e. The number of benzene rings is 1. The molecule has 1 aromatic carbocycles. The number of fused-ring (bicyclic) bond motifs is 3. The van der Waals surface area contributed by atoms with E-state index in [0.717, 1.165) is 17.7 Å². The fraction of sp³-hybridized carbons (Fsp3) is 0.462. The van der Waals surface area contributed by atoms with Crippen molar-refractivity contribution in [2.75, 3.05) is 14.2 Å². The molecule has 1 N–H and O–H groups in total. The highest BCUT2D eigenvalue weighted by Crippen LogP contribution is 2.56. The quantitative estimate of drug-likeness (QED) is 0.780. The maximum Gasteiger partial charge on any atom is 0.326 e. The molecule has 0 amide bonds. The van der Waals surface area contributed by atoms with Crippen molar-refractivity contribution in [3.63, 3.8) is 0 Å². The van der Waals surface area contributed by atoms with Crippen molar-refractivity contribution in [1.82, 2.24) is 5.32 Å². The molecule has 1 saturated carbocycles. The molecule has 3 rings (SSSR count). The van der Waals surface area contributed by atoms with Crippen LogP contribution in [0, 0.1) is 0 Å². The highest BCUT2D eigenvalue weighted by Gasteiger charge is 2.63. The maximum atomic E-state index is 11.8. The number of hydrogen-bond donors (Lipinski definition) is 1. The van der Waals surface area contributed by atoms with Crippen LogP contribution in [0.5, 0.6) is 5.75 Å². The number of methoxy groups -OCH3 is 2. The fourth-order valence-electron chi connectivity index (χ4n) is 2.85. The van der Waals surface area contributed by atoms with Gasteiger partial charge in [-0.15, -0.1) is 0 Å². The molecule has 0 aromatic heterocycles. The molecule has 0 bridgehead atoms. The monoisotopic (exact) mass is 233 g/mol. The fourth-order valence-corrected chi connectivity index (χ4v) is 2.85. The maximum absolute atomic E-state index is 11.8. The van der Waals surface area contributed by atoms with E-state index in [2.05, 4.69) is 11.4 Å². The molecule has 17 heavy (non-hydrogen) atoms. The average Bonchev–Trinajstić information content (AvgIpc) is 3.13. The number of ether oxygens (including phenoxy) is 2. The molecule has 2 unspecified atom stereocenters. The summed E-state index contributed by atoms with van der Waals surface area (Å²) in [5, 5.41) is 3.30. The first-order valence-electron chi connectivity index (χ1n) is 5.72. The lowest BCUT2D eigenvalue weighted by atomic mass is 9.95. The molecule has 90 valence electrons. The van der Waals surface area contributed by atoms with Gasteiger partial charge >= 0.3 is 5.97 Å². The summed E-state index contributed by atoms with van der Waals surface area (Å²) >= 11 is 0. The van der Waals surface area contributed by atoms with Crippen LogP contribution in [0.25, 0.3) is 0 Å². The van der Waals surface area contributed by atoms with Gasteiger partial charge in [-0.1, -0.05) is 12.1 Å². The lowest BCUT2D eigenvalue weighted by molar-refractivity contribution is -0.144. The van der Waals surface area contributed by atoms with E-state index in [1.807, 2.05) is 12.1 Å². The summed E-state index contributed by atoms with van der Waals surface area (Å²) in [4.78, 5) is 11.8. The molecule has 1 aliphatic heterocycles. The Morgan fingerprint density at radius 3 is 3.00 bits per heavy atom. The minimum atomic E-state index is -0.478. The third-order valence-corrected chi connectivity index (χ3v) is 3.86. The molecule has 2 atom stereocenters. The molecule has 1 heterocycles. The van der Waals surface area contributed by atoms with Gasteiger partial charge < -0.3 is 9.47 Å². The summed E-state index contributed by atoms with van der Waals surface area (Å²) in [5.74, 6) is 0.963. The third-order valence-electron chi connectivity index (χ3n) is 3.86. The number of carbonyl (C=O) groups excluding carboxylic acids is 1. The van der Waals surface area contributed by atoms with Crippen molar-refractivity contribution < 1.29 is 14.3 Å². The summed E-state index contributed by atoms with van der Waals surface area (Å²) in [6, 6.07) is 6.01. The minimum Gasteiger partial charge on any atom is -0.496 e. The highest BCUT2D eigenvalue weighted by atomic mass is 16.5. The first-order chi connectivity index (χ1) is 8.23. The molecule has 4 heteroatoms. The Hall–Kier alpha value is -1.55. The molecule has 0 saturated heterocycles. The summed E-state index contributed by atoms with van der Waals surface area (Å²) in [6.07, 6.45) is 0.819. The van der Waals surface area contributed by atoms with Crippen molar-refractivity contribution in [2.24, 2.45) is 0 Å². The second-order valence-corrected chi connectivity index (χ2v) is 4.60. The van der Waals surface area contributed by atoms with Gasteiger partial charge in [0, 0.05) is 18.0 Å². The number of esters is 1. The van der Waals surface area contributed by atoms with E-state index >= 15 is 0 Å². The Morgan fingerprint density at radius 2 is 2.29 bits per heavy atom. The highest BCUT2D eigenvalue weighted by molar-refractivity contribution is 5.87. The van der Waals surface area contributed by atoms with Crippen molar-refractivity contribution >= 4 is 5.97 Å². The first-order valence-corrected chi connectivity index (χ1v) is 5.72. The molecule has 1 aliphatic carbocycles. The van der Waals surface area contributed by atoms with Crippen LogP contribution in [-0.4, -0.2) is 25.7 Å². The van der Waals surface area contributed by atoms with Gasteiger partial charge in [0.15, 0.2) is 0 Å². The summed E-state index contributed by atoms with van der Waals surface area (Å²) in [5.41, 5.74) is 1.90. The van der Waals surface area contributed by atoms with E-state index in [4.69, 9.17) is 9.47 Å². The number of nitrogens with one attached hydrogen (secondary N) is 1. The van der Waals surface area contributed by atoms with E-state index in [-0.39, 0.29) is 11.9 Å². The van der Waals surface area contributed by atoms with Gasteiger partial charge in [0.05, 0.1) is 14.2 Å². The zero-order valence-electron chi connectivity index (χ0n) is 9.95. The molecular formula is C13H15NO3. The van der Waals surface area contributed by atoms with Crippen LogP contribution >= 0.6 is 0 Å². The zero-order chi connectivity index (χ0) is 12.0. The van der Waals surface area contributed by atoms with Crippen LogP contribution in [0.15, 0.2) is 18.2 Å². The van der Waals surface area contributed by atoms with Gasteiger partial charge in [-0.05, 0) is 18.1 Å². The topological polar surface area (TPSA) is 47.6 Å². The SMILES string of the molecule is COC(=O)C12CC1c1cccc(OC)c1CN2. The van der Waals surface area contributed by atoms with Crippen molar-refractivity contribution in [1.29, 1.82) is 0 Å². The van der Waals surface area contributed by atoms with E-state index < -0.39 is 5.54 Å². The number of hydrogen-bond acceptors (Lipinski definition) is 4. The van der Waals surface area contributed by atoms with E-state index in [1.54, 1.807) is 7.11 Å². The van der Waals surface area contributed by atoms with Gasteiger partial charge in [-0.2, -0.15) is 0 Å². The van der Waals surface area contributed by atoms with Crippen LogP contribution in [0.3, 0.4) is 0 Å². The smallest absolute Gasteiger partial charge is 0.326 e. The van der Waals surface area contributed by atoms with Gasteiger partial charge in [0.2, 0.25) is 0 Å². The second-order valence-electron chi connectivity index (χ2n) is 4.60. The van der Waals surface area contributed by atoms with Crippen LogP contribution in [0.1, 0.15) is 23.5 Å². The van der Waals surface area contributed by atoms with Crippen molar-refractivity contribution in [3.8, 4) is 5.75 Å². The molecule has 4 nitrogen and oxygen atoms in total. The molecule has 0 radical (unpaired) electrons. The van der Waals surface area contributed by atoms with Crippen molar-refractivity contribution in [2.45, 2.75) is 24.4 Å². The predicted molar refractivity (Wildman–Crippen MR) is 61.9 cm³/mol. The molecule has 2 aliphatic rings. The molecule has 1 fully saturated rings. The van der Waals surface area contributed by atoms with Gasteiger partial charge in [-0.25, -0.2) is 0 Å². The summed E-state index contributed by atoms with van der Waals surface area (Å²) in [6.45, 7) is 0.658. The van der Waals surface area contributed by atoms with Crippen LogP contribution < -0.4 is 10.1 Å². The number of carbonyl (C=O) groups is 1. The third kappa shape index (κ3) is 1.30. The Morgan fingerprint density at radius 1 is 1.47 bits per heavy atom. The Balaban J connectivity index is 2.00. The second kappa shape index (κ2) is 3.47. The normalized spacial score (nSPS) is 28.9. The summed E-state index contributed by atoms with van der Waals surface area (Å²) in [7, 11) is 3.11. The van der Waals surface area contributed by atoms with Crippen molar-refractivity contribution in [3.05, 3.63) is 29.3 Å². The van der Waals surface area contributed by atoms with Crippen LogP contribution in [-0.2, 0) is 16.1 Å². The summed E-state index contributed by atoms with van der Waals surface area (Å²) < 4.78 is 10.2. The Kier molecular flexibility index (Phi) is 2.16. The van der Waals surface area contributed by atoms with Crippen LogP contribution in [0.4, 0.5) is 0 Å². The zero-order valence-corrected chi connectivity index (χ0v) is 9.95. The first kappa shape index (κ1) is 10.6. The lowest BCUT2D eigenvalue weighted by Gasteiger charge is -2.25. The van der Waals surface area contributed by atoms with Crippen LogP contribution in [0.2, 0.25) is 0 Å². The van der Waals surface area contributed by atoms with Gasteiger partial charge in [0.25, 0.3) is 0 Å². The van der Waals surface area contributed by atoms with Gasteiger partial charge in [0.1, 0.15) is 11.3 Å². The standard InChI is InChI=1S/C13H15NO3/c1-16-11-5-3-4-8-9(11)7-14-13(6-10(8)13)12(15)17-2/h3-5,10,14H,6-7H2,1-2H3. The minimum absolute atomic E-state index is 0.157. The predicted octanol–water partition coefficient (Wildman–Crippen LogP) is 1.20. The Bertz CT molecular complexity index is 486. The Labute approximate surface area is 99.9 Å². The average molecular weight is 233 g/mol. The van der Waals surface area contributed by atoms with Gasteiger partial charge in [-0.3, -0.25) is 10.1 Å². The molecule has 0 spiro atoms. The van der Waals surface area contributed by atoms with E-state index in [1.165, 1.54) is 12.7 Å². The molecule has 1 aromatic rings. The number of rotatable bonds is 2. The lowest BCUT2D eigenvalue weighted by Crippen LogP contribution is -2.43. The van der Waals surface area contributed by atoms with E-state index in [0.29, 0.717) is 6.54 Å². The van der Waals surface area contributed by atoms with E-state index in [9.17, 15) is 4.79 Å².